The number of rotatable bonds is 7. The van der Waals surface area contributed by atoms with E-state index in [1.807, 2.05) is 19.9 Å². The van der Waals surface area contributed by atoms with Gasteiger partial charge in [0.25, 0.3) is 16.0 Å². The lowest BCUT2D eigenvalue weighted by Gasteiger charge is -2.28. The van der Waals surface area contributed by atoms with Gasteiger partial charge in [-0.15, -0.1) is 11.3 Å². The zero-order valence-electron chi connectivity index (χ0n) is 20.7. The van der Waals surface area contributed by atoms with Crippen molar-refractivity contribution in [2.24, 2.45) is 5.92 Å². The van der Waals surface area contributed by atoms with Gasteiger partial charge in [0.1, 0.15) is 4.83 Å². The summed E-state index contributed by atoms with van der Waals surface area (Å²) in [5.74, 6) is 0.117. The third-order valence-electron chi connectivity index (χ3n) is 7.28. The molecule has 1 aliphatic heterocycles. The van der Waals surface area contributed by atoms with Crippen LogP contribution in [0.5, 0.6) is 0 Å². The molecule has 0 atom stereocenters. The zero-order chi connectivity index (χ0) is 25.3. The summed E-state index contributed by atoms with van der Waals surface area (Å²) in [5.41, 5.74) is 1.95. The van der Waals surface area contributed by atoms with E-state index < -0.39 is 10.1 Å². The van der Waals surface area contributed by atoms with Crippen LogP contribution in [-0.4, -0.2) is 50.0 Å². The number of aryl methyl sites for hydroxylation is 2. The lowest BCUT2D eigenvalue weighted by Crippen LogP contribution is -2.38. The summed E-state index contributed by atoms with van der Waals surface area (Å²) in [7, 11) is -3.75. The SMILES string of the molecule is Cc1ccc(S(=O)(=O)OC[C@H]2CC[C@H](NC(=O)c3cc4c(C)nn(C5CCOCC5)c4s3)CC2)cc1. The summed E-state index contributed by atoms with van der Waals surface area (Å²) in [6.07, 6.45) is 5.13. The van der Waals surface area contributed by atoms with Gasteiger partial charge >= 0.3 is 0 Å². The van der Waals surface area contributed by atoms with Crippen LogP contribution in [-0.2, 0) is 19.0 Å². The molecule has 2 fully saturated rings. The van der Waals surface area contributed by atoms with E-state index in [4.69, 9.17) is 14.0 Å². The van der Waals surface area contributed by atoms with Crippen LogP contribution in [0, 0.1) is 19.8 Å². The molecule has 1 N–H and O–H groups in total. The van der Waals surface area contributed by atoms with Crippen LogP contribution in [0.1, 0.15) is 65.5 Å². The number of fused-ring (bicyclic) bond motifs is 1. The Morgan fingerprint density at radius 2 is 1.81 bits per heavy atom. The predicted octanol–water partition coefficient (Wildman–Crippen LogP) is 4.76. The van der Waals surface area contributed by atoms with E-state index in [2.05, 4.69) is 10.00 Å². The topological polar surface area (TPSA) is 99.5 Å². The van der Waals surface area contributed by atoms with E-state index in [0.717, 1.165) is 73.2 Å². The highest BCUT2D eigenvalue weighted by Gasteiger charge is 2.27. The number of amides is 1. The predicted molar refractivity (Wildman–Crippen MR) is 139 cm³/mol. The van der Waals surface area contributed by atoms with E-state index in [0.29, 0.717) is 10.9 Å². The van der Waals surface area contributed by atoms with Crippen molar-refractivity contribution in [1.82, 2.24) is 15.1 Å². The molecule has 0 bridgehead atoms. The molecule has 3 heterocycles. The second kappa shape index (κ2) is 10.6. The van der Waals surface area contributed by atoms with E-state index in [1.54, 1.807) is 24.3 Å². The summed E-state index contributed by atoms with van der Waals surface area (Å²) in [6, 6.07) is 9.05. The molecule has 8 nitrogen and oxygen atoms in total. The second-order valence-electron chi connectivity index (χ2n) is 9.95. The number of thiophene rings is 1. The standard InChI is InChI=1S/C26H33N3O5S2/c1-17-3-9-22(10-4-17)36(31,32)34-16-19-5-7-20(8-6-19)27-25(30)24-15-23-18(2)28-29(26(23)35-24)21-11-13-33-14-12-21/h3-4,9-10,15,19-21H,5-8,11-14,16H2,1-2H3,(H,27,30)/t19-,20-. The number of nitrogens with zero attached hydrogens (tertiary/aromatic N) is 2. The van der Waals surface area contributed by atoms with Gasteiger partial charge in [-0.25, -0.2) is 0 Å². The third-order valence-corrected chi connectivity index (χ3v) is 9.70. The Labute approximate surface area is 216 Å². The fourth-order valence-corrected chi connectivity index (χ4v) is 7.16. The number of aromatic nitrogens is 2. The summed E-state index contributed by atoms with van der Waals surface area (Å²) in [4.78, 5) is 15.0. The molecular weight excluding hydrogens is 498 g/mol. The molecule has 1 aromatic carbocycles. The Morgan fingerprint density at radius 1 is 1.11 bits per heavy atom. The molecule has 1 amide bonds. The largest absolute Gasteiger partial charge is 0.381 e. The van der Waals surface area contributed by atoms with E-state index in [9.17, 15) is 13.2 Å². The lowest BCUT2D eigenvalue weighted by molar-refractivity contribution is 0.0675. The van der Waals surface area contributed by atoms with Crippen molar-refractivity contribution in [3.8, 4) is 0 Å². The van der Waals surface area contributed by atoms with Gasteiger partial charge in [-0.1, -0.05) is 17.7 Å². The minimum atomic E-state index is -3.75. The molecule has 1 saturated carbocycles. The van der Waals surface area contributed by atoms with Crippen LogP contribution in [0.3, 0.4) is 0 Å². The average molecular weight is 532 g/mol. The van der Waals surface area contributed by atoms with Gasteiger partial charge in [0.05, 0.1) is 28.1 Å². The molecule has 2 aliphatic rings. The number of hydrogen-bond acceptors (Lipinski definition) is 7. The average Bonchev–Trinajstić information content (AvgIpc) is 3.45. The van der Waals surface area contributed by atoms with Gasteiger partial charge in [0, 0.05) is 24.6 Å². The number of benzene rings is 1. The number of carbonyl (C=O) groups is 1. The van der Waals surface area contributed by atoms with Crippen LogP contribution in [0.15, 0.2) is 35.2 Å². The molecular formula is C26H33N3O5S2. The number of carbonyl (C=O) groups excluding carboxylic acids is 1. The Hall–Kier alpha value is -2.27. The maximum Gasteiger partial charge on any atom is 0.296 e. The van der Waals surface area contributed by atoms with Crippen LogP contribution in [0.25, 0.3) is 10.2 Å². The van der Waals surface area contributed by atoms with Crippen molar-refractivity contribution in [1.29, 1.82) is 0 Å². The first-order valence-corrected chi connectivity index (χ1v) is 14.9. The molecule has 5 rings (SSSR count). The first-order valence-electron chi connectivity index (χ1n) is 12.6. The smallest absolute Gasteiger partial charge is 0.296 e. The molecule has 0 radical (unpaired) electrons. The number of nitrogens with one attached hydrogen (secondary N) is 1. The van der Waals surface area contributed by atoms with Crippen molar-refractivity contribution in [2.45, 2.75) is 69.4 Å². The van der Waals surface area contributed by atoms with Crippen molar-refractivity contribution < 1.29 is 22.1 Å². The fraction of sp³-hybridized carbons (Fsp3) is 0.538. The minimum absolute atomic E-state index is 0.0456. The molecule has 0 spiro atoms. The summed E-state index contributed by atoms with van der Waals surface area (Å²) >= 11 is 1.51. The lowest BCUT2D eigenvalue weighted by atomic mass is 9.86. The van der Waals surface area contributed by atoms with Gasteiger partial charge in [-0.3, -0.25) is 13.7 Å². The summed E-state index contributed by atoms with van der Waals surface area (Å²) in [5, 5.41) is 8.98. The van der Waals surface area contributed by atoms with E-state index in [-0.39, 0.29) is 29.4 Å². The molecule has 3 aromatic rings. The van der Waals surface area contributed by atoms with Crippen LogP contribution >= 0.6 is 11.3 Å². The second-order valence-corrected chi connectivity index (χ2v) is 12.6. The molecule has 10 heteroatoms. The fourth-order valence-electron chi connectivity index (χ4n) is 5.05. The maximum absolute atomic E-state index is 13.0. The highest BCUT2D eigenvalue weighted by Crippen LogP contribution is 2.33. The summed E-state index contributed by atoms with van der Waals surface area (Å²) < 4.78 is 37.9. The van der Waals surface area contributed by atoms with Crippen molar-refractivity contribution >= 4 is 37.6 Å². The van der Waals surface area contributed by atoms with Gasteiger partial charge in [-0.2, -0.15) is 13.5 Å². The van der Waals surface area contributed by atoms with Crippen molar-refractivity contribution in [2.75, 3.05) is 19.8 Å². The zero-order valence-corrected chi connectivity index (χ0v) is 22.4. The van der Waals surface area contributed by atoms with Crippen LogP contribution in [0.4, 0.5) is 0 Å². The molecule has 1 aliphatic carbocycles. The first-order chi connectivity index (χ1) is 17.3. The molecule has 0 unspecified atom stereocenters. The van der Waals surface area contributed by atoms with Gasteiger partial charge < -0.3 is 10.1 Å². The van der Waals surface area contributed by atoms with E-state index >= 15 is 0 Å². The molecule has 194 valence electrons. The van der Waals surface area contributed by atoms with Crippen molar-refractivity contribution in [3.63, 3.8) is 0 Å². The van der Waals surface area contributed by atoms with E-state index in [1.165, 1.54) is 11.3 Å². The first kappa shape index (κ1) is 25.4. The number of hydrogen-bond donors (Lipinski definition) is 1. The van der Waals surface area contributed by atoms with Crippen LogP contribution < -0.4 is 5.32 Å². The number of ether oxygens (including phenoxy) is 1. The molecule has 1 saturated heterocycles. The van der Waals surface area contributed by atoms with Crippen LogP contribution in [0.2, 0.25) is 0 Å². The molecule has 36 heavy (non-hydrogen) atoms. The quantitative estimate of drug-likeness (QED) is 0.441. The third kappa shape index (κ3) is 5.51. The Morgan fingerprint density at radius 3 is 2.50 bits per heavy atom. The van der Waals surface area contributed by atoms with Gasteiger partial charge in [0.2, 0.25) is 0 Å². The van der Waals surface area contributed by atoms with Gasteiger partial charge in [0.15, 0.2) is 0 Å². The Balaban J connectivity index is 1.14. The monoisotopic (exact) mass is 531 g/mol. The highest BCUT2D eigenvalue weighted by molar-refractivity contribution is 7.86. The Kier molecular flexibility index (Phi) is 7.48. The van der Waals surface area contributed by atoms with Gasteiger partial charge in [-0.05, 0) is 76.5 Å². The normalized spacial score (nSPS) is 21.6. The highest BCUT2D eigenvalue weighted by atomic mass is 32.2. The minimum Gasteiger partial charge on any atom is -0.381 e. The molecule has 2 aromatic heterocycles. The maximum atomic E-state index is 13.0. The Bertz CT molecular complexity index is 1320. The summed E-state index contributed by atoms with van der Waals surface area (Å²) in [6.45, 7) is 5.58. The van der Waals surface area contributed by atoms with Crippen molar-refractivity contribution in [3.05, 3.63) is 46.5 Å².